The number of nitrogens with zero attached hydrogens (tertiary/aromatic N) is 2. The van der Waals surface area contributed by atoms with Crippen LogP contribution >= 0.6 is 0 Å². The first-order valence-electron chi connectivity index (χ1n) is 10.1. The van der Waals surface area contributed by atoms with Crippen LogP contribution in [-0.4, -0.2) is 28.2 Å². The summed E-state index contributed by atoms with van der Waals surface area (Å²) in [5.41, 5.74) is 1.08. The Balaban J connectivity index is 1.89. The normalized spacial score (nSPS) is 16.5. The predicted molar refractivity (Wildman–Crippen MR) is 112 cm³/mol. The molecule has 0 radical (unpaired) electrons. The van der Waals surface area contributed by atoms with Crippen LogP contribution in [0.25, 0.3) is 21.9 Å². The number of alkyl halides is 3. The van der Waals surface area contributed by atoms with Gasteiger partial charge in [-0.3, -0.25) is 5.32 Å². The summed E-state index contributed by atoms with van der Waals surface area (Å²) in [4.78, 5) is 10.3. The van der Waals surface area contributed by atoms with Gasteiger partial charge in [0.2, 0.25) is 0 Å². The van der Waals surface area contributed by atoms with Crippen LogP contribution in [0.5, 0.6) is 0 Å². The Morgan fingerprint density at radius 2 is 1.97 bits per heavy atom. The minimum atomic E-state index is -4.68. The van der Waals surface area contributed by atoms with Gasteiger partial charge in [-0.25, -0.2) is 4.98 Å². The SMILES string of the molecule is CNC(c1nc2ccc(C#N)cc2[nH]1)(c1c(C2CC2)cc(C)c2[nH]ccc12)C(F)(F)F. The van der Waals surface area contributed by atoms with Crippen molar-refractivity contribution in [1.29, 1.82) is 5.26 Å². The molecule has 1 fully saturated rings. The van der Waals surface area contributed by atoms with Gasteiger partial charge >= 0.3 is 6.18 Å². The highest BCUT2D eigenvalue weighted by Gasteiger charge is 2.60. The summed E-state index contributed by atoms with van der Waals surface area (Å²) >= 11 is 0. The molecule has 5 nitrogen and oxygen atoms in total. The number of nitrogens with one attached hydrogen (secondary N) is 3. The molecule has 1 atom stereocenters. The summed E-state index contributed by atoms with van der Waals surface area (Å²) in [6, 6.07) is 10.2. The van der Waals surface area contributed by atoms with E-state index < -0.39 is 11.7 Å². The molecule has 1 aliphatic carbocycles. The van der Waals surface area contributed by atoms with Crippen molar-refractivity contribution in [2.45, 2.75) is 37.4 Å². The van der Waals surface area contributed by atoms with Crippen molar-refractivity contribution in [2.24, 2.45) is 0 Å². The highest BCUT2D eigenvalue weighted by molar-refractivity contribution is 5.89. The van der Waals surface area contributed by atoms with Crippen molar-refractivity contribution in [2.75, 3.05) is 7.05 Å². The number of hydrogen-bond donors (Lipinski definition) is 3. The lowest BCUT2D eigenvalue weighted by molar-refractivity contribution is -0.187. The largest absolute Gasteiger partial charge is 0.418 e. The van der Waals surface area contributed by atoms with Crippen LogP contribution in [0.4, 0.5) is 13.2 Å². The minimum Gasteiger partial charge on any atom is -0.361 e. The van der Waals surface area contributed by atoms with Crippen LogP contribution in [-0.2, 0) is 5.54 Å². The minimum absolute atomic E-state index is 0.0950. The van der Waals surface area contributed by atoms with Crippen molar-refractivity contribution < 1.29 is 13.2 Å². The predicted octanol–water partition coefficient (Wildman–Crippen LogP) is 5.13. The zero-order valence-electron chi connectivity index (χ0n) is 17.0. The summed E-state index contributed by atoms with van der Waals surface area (Å²) in [5.74, 6) is -0.140. The molecule has 0 spiro atoms. The van der Waals surface area contributed by atoms with E-state index in [9.17, 15) is 0 Å². The van der Waals surface area contributed by atoms with Gasteiger partial charge in [-0.1, -0.05) is 6.07 Å². The zero-order chi connectivity index (χ0) is 22.0. The molecule has 1 unspecified atom stereocenters. The van der Waals surface area contributed by atoms with Crippen LogP contribution in [0.3, 0.4) is 0 Å². The summed E-state index contributed by atoms with van der Waals surface area (Å²) < 4.78 is 45.1. The summed E-state index contributed by atoms with van der Waals surface area (Å²) in [5, 5.41) is 12.3. The van der Waals surface area contributed by atoms with E-state index in [0.717, 1.165) is 18.4 Å². The van der Waals surface area contributed by atoms with Gasteiger partial charge in [-0.2, -0.15) is 18.4 Å². The lowest BCUT2D eigenvalue weighted by Crippen LogP contribution is -2.54. The Kier molecular flexibility index (Phi) is 4.18. The lowest BCUT2D eigenvalue weighted by Gasteiger charge is -2.36. The molecule has 2 aromatic carbocycles. The first-order chi connectivity index (χ1) is 14.8. The zero-order valence-corrected chi connectivity index (χ0v) is 17.0. The quantitative estimate of drug-likeness (QED) is 0.426. The number of aromatic nitrogens is 3. The third kappa shape index (κ3) is 2.77. The fourth-order valence-electron chi connectivity index (χ4n) is 4.61. The maximum atomic E-state index is 15.0. The second kappa shape index (κ2) is 6.59. The highest BCUT2D eigenvalue weighted by atomic mass is 19.4. The van der Waals surface area contributed by atoms with Crippen LogP contribution in [0.1, 0.15) is 46.8 Å². The van der Waals surface area contributed by atoms with Crippen molar-refractivity contribution >= 4 is 21.9 Å². The van der Waals surface area contributed by atoms with E-state index in [-0.39, 0.29) is 17.3 Å². The van der Waals surface area contributed by atoms with Crippen molar-refractivity contribution in [1.82, 2.24) is 20.3 Å². The van der Waals surface area contributed by atoms with Gasteiger partial charge < -0.3 is 9.97 Å². The van der Waals surface area contributed by atoms with Gasteiger partial charge in [0.25, 0.3) is 0 Å². The number of aromatic amines is 2. The molecule has 1 aliphatic rings. The highest BCUT2D eigenvalue weighted by Crippen LogP contribution is 2.52. The number of aryl methyl sites for hydroxylation is 1. The number of halogens is 3. The molecule has 3 N–H and O–H groups in total. The Hall–Kier alpha value is -3.31. The summed E-state index contributed by atoms with van der Waals surface area (Å²) in [6.07, 6.45) is -1.28. The Morgan fingerprint density at radius 3 is 2.61 bits per heavy atom. The third-order valence-electron chi connectivity index (χ3n) is 6.23. The van der Waals surface area contributed by atoms with Crippen LogP contribution < -0.4 is 5.32 Å². The van der Waals surface area contributed by atoms with Crippen LogP contribution in [0.15, 0.2) is 36.5 Å². The molecule has 2 aromatic heterocycles. The van der Waals surface area contributed by atoms with Crippen LogP contribution in [0.2, 0.25) is 0 Å². The molecular formula is C23H20F3N5. The third-order valence-corrected chi connectivity index (χ3v) is 6.23. The van der Waals surface area contributed by atoms with Gasteiger partial charge in [0.1, 0.15) is 5.82 Å². The summed E-state index contributed by atoms with van der Waals surface area (Å²) in [6.45, 7) is 1.91. The summed E-state index contributed by atoms with van der Waals surface area (Å²) in [7, 11) is 1.32. The number of hydrogen-bond acceptors (Lipinski definition) is 3. The number of benzene rings is 2. The molecular weight excluding hydrogens is 403 g/mol. The first-order valence-corrected chi connectivity index (χ1v) is 10.1. The monoisotopic (exact) mass is 423 g/mol. The number of rotatable bonds is 4. The molecule has 0 amide bonds. The first kappa shape index (κ1) is 19.6. The molecule has 5 rings (SSSR count). The number of imidazole rings is 1. The molecule has 8 heteroatoms. The van der Waals surface area contributed by atoms with E-state index in [1.165, 1.54) is 13.1 Å². The van der Waals surface area contributed by atoms with Crippen LogP contribution in [0, 0.1) is 18.3 Å². The maximum absolute atomic E-state index is 15.0. The average Bonchev–Trinajstić information content (AvgIpc) is 3.30. The second-order valence-corrected chi connectivity index (χ2v) is 8.13. The van der Waals surface area contributed by atoms with Crippen molar-refractivity contribution in [3.8, 4) is 6.07 Å². The van der Waals surface area contributed by atoms with E-state index >= 15 is 13.2 Å². The van der Waals surface area contributed by atoms with Crippen molar-refractivity contribution in [3.05, 3.63) is 64.6 Å². The van der Waals surface area contributed by atoms with E-state index in [4.69, 9.17) is 5.26 Å². The van der Waals surface area contributed by atoms with Crippen molar-refractivity contribution in [3.63, 3.8) is 0 Å². The molecule has 0 bridgehead atoms. The van der Waals surface area contributed by atoms with E-state index in [2.05, 4.69) is 20.3 Å². The topological polar surface area (TPSA) is 80.3 Å². The Labute approximate surface area is 176 Å². The van der Waals surface area contributed by atoms with Gasteiger partial charge in [0.15, 0.2) is 5.54 Å². The maximum Gasteiger partial charge on any atom is 0.418 e. The molecule has 158 valence electrons. The number of nitriles is 1. The lowest BCUT2D eigenvalue weighted by atomic mass is 9.80. The Morgan fingerprint density at radius 1 is 1.19 bits per heavy atom. The van der Waals surface area contributed by atoms with E-state index in [1.54, 1.807) is 24.4 Å². The van der Waals surface area contributed by atoms with E-state index in [0.29, 0.717) is 33.1 Å². The molecule has 1 saturated carbocycles. The Bertz CT molecular complexity index is 1350. The van der Waals surface area contributed by atoms with E-state index in [1.807, 2.05) is 19.1 Å². The smallest absolute Gasteiger partial charge is 0.361 e. The molecule has 0 aliphatic heterocycles. The molecule has 2 heterocycles. The molecule has 4 aromatic rings. The number of H-pyrrole nitrogens is 2. The fourth-order valence-corrected chi connectivity index (χ4v) is 4.61. The average molecular weight is 423 g/mol. The number of fused-ring (bicyclic) bond motifs is 2. The fraction of sp³-hybridized carbons (Fsp3) is 0.304. The second-order valence-electron chi connectivity index (χ2n) is 8.13. The standard InChI is InChI=1S/C23H20F3N5/c1-12-9-16(14-4-5-14)19(15-7-8-29-20(12)15)22(28-2,23(24,25)26)21-30-17-6-3-13(11-27)10-18(17)31-21/h3,6-10,14,28-29H,4-5H2,1-2H3,(H,30,31). The molecule has 0 saturated heterocycles. The van der Waals surface area contributed by atoms with Gasteiger partial charge in [0, 0.05) is 22.7 Å². The van der Waals surface area contributed by atoms with Gasteiger partial charge in [0.05, 0.1) is 22.7 Å². The van der Waals surface area contributed by atoms with Gasteiger partial charge in [-0.05, 0) is 68.1 Å². The van der Waals surface area contributed by atoms with Gasteiger partial charge in [-0.15, -0.1) is 0 Å². The molecule has 31 heavy (non-hydrogen) atoms.